The Bertz CT molecular complexity index is 301. The predicted octanol–water partition coefficient (Wildman–Crippen LogP) is 2.47. The summed E-state index contributed by atoms with van der Waals surface area (Å²) >= 11 is 0. The highest BCUT2D eigenvalue weighted by molar-refractivity contribution is 4.92. The molecule has 2 saturated heterocycles. The Kier molecular flexibility index (Phi) is 5.00. The van der Waals surface area contributed by atoms with Gasteiger partial charge in [0, 0.05) is 43.8 Å². The van der Waals surface area contributed by atoms with Crippen LogP contribution in [0.15, 0.2) is 0 Å². The lowest BCUT2D eigenvalue weighted by atomic mass is 9.95. The maximum Gasteiger partial charge on any atom is 0.0223 e. The third kappa shape index (κ3) is 3.37. The van der Waals surface area contributed by atoms with Crippen LogP contribution in [0, 0.1) is 0 Å². The number of hydrogen-bond acceptors (Lipinski definition) is 3. The van der Waals surface area contributed by atoms with Crippen LogP contribution in [-0.2, 0) is 0 Å². The van der Waals surface area contributed by atoms with Crippen LogP contribution in [0.5, 0.6) is 0 Å². The highest BCUT2D eigenvalue weighted by Gasteiger charge is 2.35. The molecule has 0 radical (unpaired) electrons. The maximum atomic E-state index is 3.84. The molecule has 3 heteroatoms. The molecular formula is C17H33N3. The van der Waals surface area contributed by atoms with E-state index in [0.717, 1.165) is 18.1 Å². The topological polar surface area (TPSA) is 18.5 Å². The standard InChI is InChI=1S/C17H33N3/c1-14(12-18-15-6-4-3-5-7-15)20-11-10-16-8-9-17(13-20)19(16)2/h14-18H,3-13H2,1-2H3. The molecule has 2 bridgehead atoms. The van der Waals surface area contributed by atoms with Crippen molar-refractivity contribution in [3.63, 3.8) is 0 Å². The summed E-state index contributed by atoms with van der Waals surface area (Å²) in [7, 11) is 2.34. The van der Waals surface area contributed by atoms with Crippen molar-refractivity contribution in [1.29, 1.82) is 0 Å². The molecule has 1 saturated carbocycles. The first-order chi connectivity index (χ1) is 9.74. The van der Waals surface area contributed by atoms with E-state index in [-0.39, 0.29) is 0 Å². The van der Waals surface area contributed by atoms with Crippen LogP contribution in [0.1, 0.15) is 58.3 Å². The van der Waals surface area contributed by atoms with E-state index >= 15 is 0 Å². The van der Waals surface area contributed by atoms with Gasteiger partial charge in [-0.2, -0.15) is 0 Å². The summed E-state index contributed by atoms with van der Waals surface area (Å²) in [5.74, 6) is 0. The molecule has 116 valence electrons. The molecule has 0 amide bonds. The van der Waals surface area contributed by atoms with E-state index in [1.807, 2.05) is 0 Å². The molecule has 0 spiro atoms. The second-order valence-corrected chi connectivity index (χ2v) is 7.43. The van der Waals surface area contributed by atoms with Gasteiger partial charge < -0.3 is 5.32 Å². The van der Waals surface area contributed by atoms with Crippen LogP contribution in [-0.4, -0.2) is 60.6 Å². The van der Waals surface area contributed by atoms with Gasteiger partial charge in [0.05, 0.1) is 0 Å². The third-order valence-corrected chi connectivity index (χ3v) is 6.11. The number of nitrogens with zero attached hydrogens (tertiary/aromatic N) is 2. The van der Waals surface area contributed by atoms with Gasteiger partial charge in [-0.15, -0.1) is 0 Å². The molecule has 3 unspecified atom stereocenters. The zero-order chi connectivity index (χ0) is 13.9. The van der Waals surface area contributed by atoms with E-state index < -0.39 is 0 Å². The average Bonchev–Trinajstić information content (AvgIpc) is 2.71. The van der Waals surface area contributed by atoms with Gasteiger partial charge in [-0.25, -0.2) is 0 Å². The molecule has 0 aromatic rings. The van der Waals surface area contributed by atoms with Gasteiger partial charge in [0.2, 0.25) is 0 Å². The number of fused-ring (bicyclic) bond motifs is 2. The summed E-state index contributed by atoms with van der Waals surface area (Å²) < 4.78 is 0. The van der Waals surface area contributed by atoms with Gasteiger partial charge in [0.1, 0.15) is 0 Å². The molecule has 3 aliphatic rings. The zero-order valence-electron chi connectivity index (χ0n) is 13.5. The molecule has 3 fully saturated rings. The molecule has 2 aliphatic heterocycles. The Balaban J connectivity index is 1.46. The van der Waals surface area contributed by atoms with Gasteiger partial charge in [-0.3, -0.25) is 9.80 Å². The average molecular weight is 279 g/mol. The molecule has 3 rings (SSSR count). The van der Waals surface area contributed by atoms with Gasteiger partial charge in [0.25, 0.3) is 0 Å². The van der Waals surface area contributed by atoms with E-state index in [4.69, 9.17) is 0 Å². The first-order valence-corrected chi connectivity index (χ1v) is 8.93. The maximum absolute atomic E-state index is 3.84. The minimum Gasteiger partial charge on any atom is -0.312 e. The van der Waals surface area contributed by atoms with Crippen molar-refractivity contribution in [3.05, 3.63) is 0 Å². The molecule has 0 aromatic heterocycles. The smallest absolute Gasteiger partial charge is 0.0223 e. The number of likely N-dealkylation sites (N-methyl/N-ethyl adjacent to an activating group) is 1. The Morgan fingerprint density at radius 3 is 2.55 bits per heavy atom. The van der Waals surface area contributed by atoms with Crippen LogP contribution in [0.25, 0.3) is 0 Å². The van der Waals surface area contributed by atoms with Crippen molar-refractivity contribution >= 4 is 0 Å². The Morgan fingerprint density at radius 1 is 1.00 bits per heavy atom. The van der Waals surface area contributed by atoms with Crippen LogP contribution in [0.3, 0.4) is 0 Å². The molecule has 20 heavy (non-hydrogen) atoms. The highest BCUT2D eigenvalue weighted by atomic mass is 15.3. The molecule has 3 nitrogen and oxygen atoms in total. The summed E-state index contributed by atoms with van der Waals surface area (Å²) in [5.41, 5.74) is 0. The van der Waals surface area contributed by atoms with E-state index in [1.165, 1.54) is 71.0 Å². The molecule has 3 atom stereocenters. The number of rotatable bonds is 4. The Morgan fingerprint density at radius 2 is 1.75 bits per heavy atom. The summed E-state index contributed by atoms with van der Waals surface area (Å²) in [6.07, 6.45) is 11.4. The van der Waals surface area contributed by atoms with Crippen LogP contribution >= 0.6 is 0 Å². The van der Waals surface area contributed by atoms with Crippen molar-refractivity contribution in [2.75, 3.05) is 26.7 Å². The fourth-order valence-electron chi connectivity index (χ4n) is 4.51. The van der Waals surface area contributed by atoms with Crippen molar-refractivity contribution in [1.82, 2.24) is 15.1 Å². The van der Waals surface area contributed by atoms with Gasteiger partial charge >= 0.3 is 0 Å². The summed E-state index contributed by atoms with van der Waals surface area (Å²) in [6, 6.07) is 3.19. The first-order valence-electron chi connectivity index (χ1n) is 8.93. The molecular weight excluding hydrogens is 246 g/mol. The number of nitrogens with one attached hydrogen (secondary N) is 1. The molecule has 1 N–H and O–H groups in total. The summed E-state index contributed by atoms with van der Waals surface area (Å²) in [4.78, 5) is 5.40. The van der Waals surface area contributed by atoms with E-state index in [9.17, 15) is 0 Å². The normalized spacial score (nSPS) is 35.1. The minimum absolute atomic E-state index is 0.699. The predicted molar refractivity (Wildman–Crippen MR) is 85.1 cm³/mol. The minimum atomic E-state index is 0.699. The largest absolute Gasteiger partial charge is 0.312 e. The lowest BCUT2D eigenvalue weighted by molar-refractivity contribution is 0.172. The Hall–Kier alpha value is -0.120. The fourth-order valence-corrected chi connectivity index (χ4v) is 4.51. The molecule has 0 aromatic carbocycles. The fraction of sp³-hybridized carbons (Fsp3) is 1.00. The SMILES string of the molecule is CC(CNC1CCCCC1)N1CCC2CCC(C1)N2C. The van der Waals surface area contributed by atoms with E-state index in [0.29, 0.717) is 6.04 Å². The second kappa shape index (κ2) is 6.76. The van der Waals surface area contributed by atoms with Crippen molar-refractivity contribution < 1.29 is 0 Å². The number of hydrogen-bond donors (Lipinski definition) is 1. The van der Waals surface area contributed by atoms with Crippen LogP contribution < -0.4 is 5.32 Å². The molecule has 2 heterocycles. The number of likely N-dealkylation sites (tertiary alicyclic amines) is 1. The van der Waals surface area contributed by atoms with E-state index in [2.05, 4.69) is 29.1 Å². The summed E-state index contributed by atoms with van der Waals surface area (Å²) in [6.45, 7) is 6.21. The van der Waals surface area contributed by atoms with E-state index in [1.54, 1.807) is 0 Å². The monoisotopic (exact) mass is 279 g/mol. The lowest BCUT2D eigenvalue weighted by Crippen LogP contribution is -2.47. The lowest BCUT2D eigenvalue weighted by Gasteiger charge is -2.33. The van der Waals surface area contributed by atoms with Crippen molar-refractivity contribution in [2.24, 2.45) is 0 Å². The zero-order valence-corrected chi connectivity index (χ0v) is 13.5. The first kappa shape index (κ1) is 14.8. The Labute approximate surface area is 125 Å². The van der Waals surface area contributed by atoms with Crippen molar-refractivity contribution in [2.45, 2.75) is 82.5 Å². The molecule has 1 aliphatic carbocycles. The second-order valence-electron chi connectivity index (χ2n) is 7.43. The van der Waals surface area contributed by atoms with Crippen LogP contribution in [0.2, 0.25) is 0 Å². The highest BCUT2D eigenvalue weighted by Crippen LogP contribution is 2.29. The van der Waals surface area contributed by atoms with Gasteiger partial charge in [-0.1, -0.05) is 19.3 Å². The van der Waals surface area contributed by atoms with Crippen molar-refractivity contribution in [3.8, 4) is 0 Å². The quantitative estimate of drug-likeness (QED) is 0.853. The third-order valence-electron chi connectivity index (χ3n) is 6.11. The van der Waals surface area contributed by atoms with Crippen LogP contribution in [0.4, 0.5) is 0 Å². The summed E-state index contributed by atoms with van der Waals surface area (Å²) in [5, 5.41) is 3.84. The van der Waals surface area contributed by atoms with Gasteiger partial charge in [0.15, 0.2) is 0 Å². The van der Waals surface area contributed by atoms with Gasteiger partial charge in [-0.05, 0) is 46.1 Å².